The van der Waals surface area contributed by atoms with E-state index in [-0.39, 0.29) is 16.9 Å². The number of ether oxygens (including phenoxy) is 1. The summed E-state index contributed by atoms with van der Waals surface area (Å²) in [7, 11) is 1.58. The van der Waals surface area contributed by atoms with Gasteiger partial charge in [0.2, 0.25) is 5.91 Å². The number of methoxy groups -OCH3 is 1. The average Bonchev–Trinajstić information content (AvgIpc) is 2.99. The van der Waals surface area contributed by atoms with Crippen LogP contribution in [0.5, 0.6) is 5.75 Å². The van der Waals surface area contributed by atoms with Crippen LogP contribution in [-0.4, -0.2) is 30.1 Å². The summed E-state index contributed by atoms with van der Waals surface area (Å²) < 4.78 is 6.30. The van der Waals surface area contributed by atoms with Gasteiger partial charge in [-0.2, -0.15) is 0 Å². The molecule has 0 aliphatic rings. The first-order chi connectivity index (χ1) is 19.8. The molecule has 4 aromatic carbocycles. The second kappa shape index (κ2) is 14.5. The number of hydrogen-bond acceptors (Lipinski definition) is 5. The fourth-order valence-corrected chi connectivity index (χ4v) is 4.98. The minimum absolute atomic E-state index is 0.0762. The molecule has 3 N–H and O–H groups in total. The van der Waals surface area contributed by atoms with E-state index in [1.807, 2.05) is 43.3 Å². The lowest BCUT2D eigenvalue weighted by Gasteiger charge is -2.14. The van der Waals surface area contributed by atoms with Crippen molar-refractivity contribution in [3.8, 4) is 5.75 Å². The predicted octanol–water partition coefficient (Wildman–Crippen LogP) is 6.83. The van der Waals surface area contributed by atoms with Crippen LogP contribution in [0, 0.1) is 3.57 Å². The predicted molar refractivity (Wildman–Crippen MR) is 173 cm³/mol. The molecule has 0 aliphatic carbocycles. The third-order valence-corrected chi connectivity index (χ3v) is 7.65. The number of rotatable bonds is 10. The highest BCUT2D eigenvalue weighted by Crippen LogP contribution is 2.27. The van der Waals surface area contributed by atoms with E-state index in [0.29, 0.717) is 22.6 Å². The maximum Gasteiger partial charge on any atom is 0.272 e. The zero-order valence-electron chi connectivity index (χ0n) is 22.4. The summed E-state index contributed by atoms with van der Waals surface area (Å²) in [5, 5.41) is 8.15. The van der Waals surface area contributed by atoms with Crippen LogP contribution in [0.1, 0.15) is 22.8 Å². The second-order valence-electron chi connectivity index (χ2n) is 8.89. The van der Waals surface area contributed by atoms with Crippen LogP contribution in [0.15, 0.2) is 114 Å². The van der Waals surface area contributed by atoms with Crippen molar-refractivity contribution >= 4 is 69.5 Å². The van der Waals surface area contributed by atoms with Crippen LogP contribution in [0.4, 0.5) is 11.4 Å². The van der Waals surface area contributed by atoms with E-state index >= 15 is 0 Å². The number of carbonyl (C=O) groups is 3. The normalized spacial score (nSPS) is 11.7. The Bertz CT molecular complexity index is 1540. The van der Waals surface area contributed by atoms with Gasteiger partial charge in [0, 0.05) is 25.4 Å². The summed E-state index contributed by atoms with van der Waals surface area (Å²) in [5.74, 6) is -0.342. The summed E-state index contributed by atoms with van der Waals surface area (Å²) in [4.78, 5) is 39.8. The van der Waals surface area contributed by atoms with Gasteiger partial charge < -0.3 is 20.7 Å². The molecule has 1 atom stereocenters. The molecule has 0 heterocycles. The summed E-state index contributed by atoms with van der Waals surface area (Å²) in [5.41, 5.74) is 2.48. The third kappa shape index (κ3) is 8.95. The molecule has 0 aliphatic heterocycles. The number of hydrogen-bond donors (Lipinski definition) is 3. The largest absolute Gasteiger partial charge is 0.497 e. The molecule has 9 heteroatoms. The lowest BCUT2D eigenvalue weighted by atomic mass is 10.1. The molecular formula is C32H28IN3O4S. The maximum absolute atomic E-state index is 13.4. The van der Waals surface area contributed by atoms with E-state index in [0.717, 1.165) is 14.2 Å². The van der Waals surface area contributed by atoms with Crippen LogP contribution >= 0.6 is 34.4 Å². The highest BCUT2D eigenvalue weighted by atomic mass is 127. The van der Waals surface area contributed by atoms with E-state index in [2.05, 4.69) is 38.5 Å². The highest BCUT2D eigenvalue weighted by Gasteiger charge is 2.17. The van der Waals surface area contributed by atoms with Crippen LogP contribution in [-0.2, 0) is 9.59 Å². The minimum atomic E-state index is -0.489. The van der Waals surface area contributed by atoms with Gasteiger partial charge in [0.15, 0.2) is 0 Å². The Labute approximate surface area is 256 Å². The van der Waals surface area contributed by atoms with Crippen molar-refractivity contribution in [3.05, 3.63) is 124 Å². The summed E-state index contributed by atoms with van der Waals surface area (Å²) in [6.07, 6.45) is 1.60. The number of carbonyl (C=O) groups excluding carboxylic acids is 3. The lowest BCUT2D eigenvalue weighted by Crippen LogP contribution is -2.30. The Morgan fingerprint density at radius 2 is 1.54 bits per heavy atom. The van der Waals surface area contributed by atoms with Gasteiger partial charge in [0.1, 0.15) is 11.4 Å². The zero-order valence-corrected chi connectivity index (χ0v) is 25.4. The van der Waals surface area contributed by atoms with E-state index in [1.54, 1.807) is 79.9 Å². The first kappa shape index (κ1) is 29.9. The number of halogens is 1. The summed E-state index contributed by atoms with van der Waals surface area (Å²) in [6, 6.07) is 30.6. The Morgan fingerprint density at radius 1 is 0.829 bits per heavy atom. The van der Waals surface area contributed by atoms with Crippen molar-refractivity contribution in [2.75, 3.05) is 17.7 Å². The summed E-state index contributed by atoms with van der Waals surface area (Å²) in [6.45, 7) is 1.83. The second-order valence-corrected chi connectivity index (χ2v) is 11.5. The van der Waals surface area contributed by atoms with E-state index in [4.69, 9.17) is 4.74 Å². The molecule has 0 radical (unpaired) electrons. The number of benzene rings is 4. The molecule has 0 bridgehead atoms. The Hall–Kier alpha value is -4.09. The Balaban J connectivity index is 1.48. The topological polar surface area (TPSA) is 96.5 Å². The van der Waals surface area contributed by atoms with Gasteiger partial charge in [-0.25, -0.2) is 0 Å². The molecule has 41 heavy (non-hydrogen) atoms. The number of amides is 3. The van der Waals surface area contributed by atoms with Gasteiger partial charge in [-0.3, -0.25) is 14.4 Å². The molecule has 0 saturated heterocycles. The van der Waals surface area contributed by atoms with Gasteiger partial charge in [-0.1, -0.05) is 36.4 Å². The standard InChI is InChI=1S/C32H28IN3O4S/c1-21(30(37)34-25-15-13-24(33)14-16-25)41-28-10-6-9-26(20-28)35-32(39)29(19-22-11-17-27(40-2)18-12-22)36-31(38)23-7-4-3-5-8-23/h3-21H,1-2H3,(H,34,37)(H,35,39)(H,36,38)/b29-19+. The first-order valence-electron chi connectivity index (χ1n) is 12.7. The van der Waals surface area contributed by atoms with Gasteiger partial charge in [-0.05, 0) is 108 Å². The Kier molecular flexibility index (Phi) is 10.6. The van der Waals surface area contributed by atoms with Gasteiger partial charge in [0.05, 0.1) is 12.4 Å². The third-order valence-electron chi connectivity index (χ3n) is 5.84. The Morgan fingerprint density at radius 3 is 2.22 bits per heavy atom. The fraction of sp³-hybridized carbons (Fsp3) is 0.0938. The quantitative estimate of drug-likeness (QED) is 0.0973. The van der Waals surface area contributed by atoms with E-state index in [9.17, 15) is 14.4 Å². The smallest absolute Gasteiger partial charge is 0.272 e. The van der Waals surface area contributed by atoms with Crippen molar-refractivity contribution < 1.29 is 19.1 Å². The van der Waals surface area contributed by atoms with Crippen molar-refractivity contribution in [2.24, 2.45) is 0 Å². The fourth-order valence-electron chi connectivity index (χ4n) is 3.69. The average molecular weight is 678 g/mol. The van der Waals surface area contributed by atoms with Crippen LogP contribution in [0.3, 0.4) is 0 Å². The monoisotopic (exact) mass is 677 g/mol. The first-order valence-corrected chi connectivity index (χ1v) is 14.6. The van der Waals surface area contributed by atoms with Gasteiger partial charge >= 0.3 is 0 Å². The molecule has 7 nitrogen and oxygen atoms in total. The van der Waals surface area contributed by atoms with E-state index in [1.165, 1.54) is 11.8 Å². The summed E-state index contributed by atoms with van der Waals surface area (Å²) >= 11 is 3.59. The molecule has 0 spiro atoms. The molecule has 4 aromatic rings. The molecule has 3 amide bonds. The van der Waals surface area contributed by atoms with Crippen LogP contribution in [0.25, 0.3) is 6.08 Å². The van der Waals surface area contributed by atoms with Crippen molar-refractivity contribution in [3.63, 3.8) is 0 Å². The van der Waals surface area contributed by atoms with Gasteiger partial charge in [-0.15, -0.1) is 11.8 Å². The molecule has 1 unspecified atom stereocenters. The van der Waals surface area contributed by atoms with Crippen LogP contribution < -0.4 is 20.7 Å². The maximum atomic E-state index is 13.4. The highest BCUT2D eigenvalue weighted by molar-refractivity contribution is 14.1. The van der Waals surface area contributed by atoms with E-state index < -0.39 is 11.8 Å². The van der Waals surface area contributed by atoms with Crippen molar-refractivity contribution in [2.45, 2.75) is 17.1 Å². The van der Waals surface area contributed by atoms with Crippen LogP contribution in [0.2, 0.25) is 0 Å². The molecule has 4 rings (SSSR count). The zero-order chi connectivity index (χ0) is 29.2. The number of thioether (sulfide) groups is 1. The lowest BCUT2D eigenvalue weighted by molar-refractivity contribution is -0.115. The molecule has 208 valence electrons. The number of anilines is 2. The van der Waals surface area contributed by atoms with Gasteiger partial charge in [0.25, 0.3) is 11.8 Å². The van der Waals surface area contributed by atoms with Crippen molar-refractivity contribution in [1.29, 1.82) is 0 Å². The minimum Gasteiger partial charge on any atom is -0.497 e. The molecule has 0 saturated carbocycles. The van der Waals surface area contributed by atoms with Crippen molar-refractivity contribution in [1.82, 2.24) is 5.32 Å². The molecule has 0 fully saturated rings. The molecule has 0 aromatic heterocycles. The SMILES string of the molecule is COc1ccc(/C=C(/NC(=O)c2ccccc2)C(=O)Nc2cccc(SC(C)C(=O)Nc3ccc(I)cc3)c2)cc1. The number of nitrogens with one attached hydrogen (secondary N) is 3. The molecular weight excluding hydrogens is 649 g/mol.